The van der Waals surface area contributed by atoms with Crippen molar-refractivity contribution in [1.29, 1.82) is 0 Å². The van der Waals surface area contributed by atoms with Crippen LogP contribution in [-0.4, -0.2) is 26.8 Å². The Balaban J connectivity index is 2.91. The molecule has 0 aliphatic rings. The molecule has 0 N–H and O–H groups in total. The van der Waals surface area contributed by atoms with Crippen molar-refractivity contribution in [2.75, 3.05) is 20.8 Å². The summed E-state index contributed by atoms with van der Waals surface area (Å²) < 4.78 is 9.57. The van der Waals surface area contributed by atoms with Gasteiger partial charge in [-0.25, -0.2) is 4.79 Å². The molecule has 0 saturated carbocycles. The fraction of sp³-hybridized carbons (Fsp3) is 0.250. The molecule has 0 aliphatic carbocycles. The Morgan fingerprint density at radius 2 is 2.07 bits per heavy atom. The van der Waals surface area contributed by atoms with Crippen molar-refractivity contribution in [1.82, 2.24) is 0 Å². The lowest BCUT2D eigenvalue weighted by Gasteiger charge is -2.02. The van der Waals surface area contributed by atoms with Crippen LogP contribution in [0.5, 0.6) is 0 Å². The molecule has 0 fully saturated rings. The summed E-state index contributed by atoms with van der Waals surface area (Å²) in [5.41, 5.74) is 1.40. The van der Waals surface area contributed by atoms with E-state index in [9.17, 15) is 4.79 Å². The standard InChI is InChI=1S/C12H14O3/c1-14-9-5-7-10-6-3-4-8-11(10)12(13)15-2/h3-8H,9H2,1-2H3/b7-5+. The molecule has 0 saturated heterocycles. The lowest BCUT2D eigenvalue weighted by atomic mass is 10.1. The van der Waals surface area contributed by atoms with E-state index in [1.807, 2.05) is 24.3 Å². The van der Waals surface area contributed by atoms with Gasteiger partial charge in [0.25, 0.3) is 0 Å². The number of hydrogen-bond acceptors (Lipinski definition) is 3. The molecule has 0 spiro atoms. The van der Waals surface area contributed by atoms with Crippen LogP contribution in [0.25, 0.3) is 6.08 Å². The topological polar surface area (TPSA) is 35.5 Å². The van der Waals surface area contributed by atoms with Gasteiger partial charge in [0, 0.05) is 7.11 Å². The van der Waals surface area contributed by atoms with Crippen LogP contribution in [-0.2, 0) is 9.47 Å². The SMILES string of the molecule is COC/C=C/c1ccccc1C(=O)OC. The van der Waals surface area contributed by atoms with Crippen molar-refractivity contribution < 1.29 is 14.3 Å². The van der Waals surface area contributed by atoms with E-state index in [4.69, 9.17) is 4.74 Å². The fourth-order valence-corrected chi connectivity index (χ4v) is 1.21. The molecular weight excluding hydrogens is 192 g/mol. The quantitative estimate of drug-likeness (QED) is 0.708. The maximum absolute atomic E-state index is 11.4. The number of rotatable bonds is 4. The first-order valence-corrected chi connectivity index (χ1v) is 4.62. The van der Waals surface area contributed by atoms with Gasteiger partial charge < -0.3 is 9.47 Å². The molecule has 15 heavy (non-hydrogen) atoms. The second kappa shape index (κ2) is 5.98. The van der Waals surface area contributed by atoms with E-state index in [1.165, 1.54) is 7.11 Å². The summed E-state index contributed by atoms with van der Waals surface area (Å²) in [4.78, 5) is 11.4. The highest BCUT2D eigenvalue weighted by Crippen LogP contribution is 2.11. The molecule has 3 nitrogen and oxygen atoms in total. The van der Waals surface area contributed by atoms with Crippen LogP contribution in [0.3, 0.4) is 0 Å². The average molecular weight is 206 g/mol. The number of benzene rings is 1. The highest BCUT2D eigenvalue weighted by molar-refractivity contribution is 5.93. The van der Waals surface area contributed by atoms with Gasteiger partial charge in [0.15, 0.2) is 0 Å². The minimum Gasteiger partial charge on any atom is -0.465 e. The molecule has 0 bridgehead atoms. The van der Waals surface area contributed by atoms with Gasteiger partial charge in [-0.1, -0.05) is 30.4 Å². The summed E-state index contributed by atoms with van der Waals surface area (Å²) >= 11 is 0. The molecule has 1 aromatic rings. The summed E-state index contributed by atoms with van der Waals surface area (Å²) in [6, 6.07) is 7.27. The van der Waals surface area contributed by atoms with Crippen molar-refractivity contribution in [2.45, 2.75) is 0 Å². The molecule has 0 aromatic heterocycles. The number of carbonyl (C=O) groups is 1. The summed E-state index contributed by atoms with van der Waals surface area (Å²) in [6.07, 6.45) is 3.69. The number of esters is 1. The second-order valence-corrected chi connectivity index (χ2v) is 2.94. The predicted octanol–water partition coefficient (Wildman–Crippen LogP) is 2.13. The first-order chi connectivity index (χ1) is 7.29. The zero-order valence-corrected chi connectivity index (χ0v) is 8.90. The van der Waals surface area contributed by atoms with Crippen LogP contribution in [0.2, 0.25) is 0 Å². The first kappa shape index (κ1) is 11.5. The minimum atomic E-state index is -0.326. The third-order valence-corrected chi connectivity index (χ3v) is 1.93. The van der Waals surface area contributed by atoms with Crippen molar-refractivity contribution in [3.8, 4) is 0 Å². The zero-order valence-electron chi connectivity index (χ0n) is 8.90. The van der Waals surface area contributed by atoms with E-state index in [2.05, 4.69) is 4.74 Å². The van der Waals surface area contributed by atoms with E-state index in [-0.39, 0.29) is 5.97 Å². The van der Waals surface area contributed by atoms with Gasteiger partial charge in [-0.15, -0.1) is 0 Å². The minimum absolute atomic E-state index is 0.326. The van der Waals surface area contributed by atoms with Gasteiger partial charge in [-0.05, 0) is 11.6 Å². The molecule has 80 valence electrons. The van der Waals surface area contributed by atoms with Crippen LogP contribution in [0.4, 0.5) is 0 Å². The highest BCUT2D eigenvalue weighted by Gasteiger charge is 2.07. The average Bonchev–Trinajstić information content (AvgIpc) is 2.29. The number of carbonyl (C=O) groups excluding carboxylic acids is 1. The van der Waals surface area contributed by atoms with Crippen LogP contribution < -0.4 is 0 Å². The van der Waals surface area contributed by atoms with Gasteiger partial charge in [-0.3, -0.25) is 0 Å². The fourth-order valence-electron chi connectivity index (χ4n) is 1.21. The first-order valence-electron chi connectivity index (χ1n) is 4.62. The summed E-state index contributed by atoms with van der Waals surface area (Å²) in [5.74, 6) is -0.326. The second-order valence-electron chi connectivity index (χ2n) is 2.94. The lowest BCUT2D eigenvalue weighted by Crippen LogP contribution is -2.03. The molecule has 0 atom stereocenters. The van der Waals surface area contributed by atoms with Gasteiger partial charge in [0.2, 0.25) is 0 Å². The number of ether oxygens (including phenoxy) is 2. The van der Waals surface area contributed by atoms with Crippen molar-refractivity contribution in [2.24, 2.45) is 0 Å². The van der Waals surface area contributed by atoms with Crippen molar-refractivity contribution in [3.63, 3.8) is 0 Å². The van der Waals surface area contributed by atoms with Crippen LogP contribution in [0, 0.1) is 0 Å². The Morgan fingerprint density at radius 3 is 2.73 bits per heavy atom. The van der Waals surface area contributed by atoms with Gasteiger partial charge in [0.1, 0.15) is 0 Å². The molecular formula is C12H14O3. The summed E-state index contributed by atoms with van der Waals surface area (Å²) in [6.45, 7) is 0.523. The van der Waals surface area contributed by atoms with E-state index in [0.717, 1.165) is 5.56 Å². The molecule has 0 unspecified atom stereocenters. The largest absolute Gasteiger partial charge is 0.465 e. The predicted molar refractivity (Wildman–Crippen MR) is 58.7 cm³/mol. The Morgan fingerprint density at radius 1 is 1.33 bits per heavy atom. The zero-order chi connectivity index (χ0) is 11.1. The molecule has 3 heteroatoms. The maximum atomic E-state index is 11.4. The number of hydrogen-bond donors (Lipinski definition) is 0. The Labute approximate surface area is 89.3 Å². The van der Waals surface area contributed by atoms with E-state index in [1.54, 1.807) is 19.2 Å². The van der Waals surface area contributed by atoms with E-state index < -0.39 is 0 Å². The molecule has 1 aromatic carbocycles. The smallest absolute Gasteiger partial charge is 0.338 e. The lowest BCUT2D eigenvalue weighted by molar-refractivity contribution is 0.0600. The van der Waals surface area contributed by atoms with Gasteiger partial charge in [-0.2, -0.15) is 0 Å². The van der Waals surface area contributed by atoms with E-state index >= 15 is 0 Å². The Hall–Kier alpha value is -1.61. The third kappa shape index (κ3) is 3.22. The Kier molecular flexibility index (Phi) is 4.57. The summed E-state index contributed by atoms with van der Waals surface area (Å²) in [5, 5.41) is 0. The van der Waals surface area contributed by atoms with Crippen LogP contribution in [0.1, 0.15) is 15.9 Å². The van der Waals surface area contributed by atoms with Gasteiger partial charge >= 0.3 is 5.97 Å². The molecule has 0 aliphatic heterocycles. The van der Waals surface area contributed by atoms with Crippen molar-refractivity contribution >= 4 is 12.0 Å². The van der Waals surface area contributed by atoms with E-state index in [0.29, 0.717) is 12.2 Å². The third-order valence-electron chi connectivity index (χ3n) is 1.93. The molecule has 0 amide bonds. The monoisotopic (exact) mass is 206 g/mol. The number of methoxy groups -OCH3 is 2. The Bertz CT molecular complexity index is 356. The molecule has 0 heterocycles. The van der Waals surface area contributed by atoms with Crippen molar-refractivity contribution in [3.05, 3.63) is 41.5 Å². The van der Waals surface area contributed by atoms with Gasteiger partial charge in [0.05, 0.1) is 19.3 Å². The van der Waals surface area contributed by atoms with Crippen LogP contribution >= 0.6 is 0 Å². The summed E-state index contributed by atoms with van der Waals surface area (Å²) in [7, 11) is 2.99. The maximum Gasteiger partial charge on any atom is 0.338 e. The highest BCUT2D eigenvalue weighted by atomic mass is 16.5. The molecule has 0 radical (unpaired) electrons. The normalized spacial score (nSPS) is 10.5. The molecule has 1 rings (SSSR count). The van der Waals surface area contributed by atoms with Crippen LogP contribution in [0.15, 0.2) is 30.3 Å².